The topological polar surface area (TPSA) is 32.3 Å². The molecule has 1 unspecified atom stereocenters. The third kappa shape index (κ3) is 1.65. The molecule has 2 nitrogen and oxygen atoms in total. The molecule has 0 amide bonds. The molecule has 0 aromatic heterocycles. The average Bonchev–Trinajstić information content (AvgIpc) is 2.19. The summed E-state index contributed by atoms with van der Waals surface area (Å²) in [7, 11) is 0. The normalized spacial score (nSPS) is 28.9. The van der Waals surface area contributed by atoms with Crippen LogP contribution in [0.3, 0.4) is 0 Å². The summed E-state index contributed by atoms with van der Waals surface area (Å²) in [5.41, 5.74) is 0. The molecule has 1 aliphatic rings. The van der Waals surface area contributed by atoms with Crippen molar-refractivity contribution < 1.29 is 5.11 Å². The first kappa shape index (κ1) is 6.39. The van der Waals surface area contributed by atoms with E-state index in [1.807, 2.05) is 11.8 Å². The molecule has 48 valence electrons. The van der Waals surface area contributed by atoms with Crippen molar-refractivity contribution in [2.24, 2.45) is 0 Å². The number of aliphatic hydroxyl groups is 1. The molecule has 1 aliphatic heterocycles. The van der Waals surface area contributed by atoms with Crippen molar-refractivity contribution in [3.05, 3.63) is 0 Å². The Morgan fingerprint density at radius 3 is 3.12 bits per heavy atom. The van der Waals surface area contributed by atoms with Crippen LogP contribution in [0.1, 0.15) is 6.42 Å². The Kier molecular flexibility index (Phi) is 2.66. The summed E-state index contributed by atoms with van der Waals surface area (Å²) in [6.45, 7) is 0.130. The fraction of sp³-hybridized carbons (Fsp3) is 1.00. The lowest BCUT2D eigenvalue weighted by Gasteiger charge is -2.05. The lowest BCUT2D eigenvalue weighted by Crippen LogP contribution is -2.29. The smallest absolute Gasteiger partial charge is 0.0933 e. The molecule has 0 bridgehead atoms. The van der Waals surface area contributed by atoms with Gasteiger partial charge in [0.2, 0.25) is 0 Å². The Morgan fingerprint density at radius 1 is 1.75 bits per heavy atom. The van der Waals surface area contributed by atoms with Crippen LogP contribution >= 0.6 is 11.8 Å². The molecule has 0 aromatic carbocycles. The minimum atomic E-state index is 0.130. The van der Waals surface area contributed by atoms with Crippen molar-refractivity contribution in [2.45, 2.75) is 12.5 Å². The zero-order chi connectivity index (χ0) is 5.82. The summed E-state index contributed by atoms with van der Waals surface area (Å²) in [5.74, 6) is 2.41. The van der Waals surface area contributed by atoms with E-state index in [2.05, 4.69) is 5.32 Å². The summed E-state index contributed by atoms with van der Waals surface area (Å²) in [6, 6.07) is 0.574. The van der Waals surface area contributed by atoms with Crippen molar-refractivity contribution >= 4 is 11.8 Å². The van der Waals surface area contributed by atoms with Gasteiger partial charge in [-0.1, -0.05) is 0 Å². The maximum absolute atomic E-state index is 8.41. The number of rotatable bonds is 2. The first-order chi connectivity index (χ1) is 3.93. The molecule has 1 atom stereocenters. The fourth-order valence-electron chi connectivity index (χ4n) is 0.825. The van der Waals surface area contributed by atoms with Gasteiger partial charge in [0.1, 0.15) is 0 Å². The molecule has 1 heterocycles. The molecule has 1 fully saturated rings. The van der Waals surface area contributed by atoms with Gasteiger partial charge in [-0.25, -0.2) is 0 Å². The second kappa shape index (κ2) is 3.33. The highest BCUT2D eigenvalue weighted by Crippen LogP contribution is 2.16. The summed E-state index contributed by atoms with van der Waals surface area (Å²) < 4.78 is 0. The predicted molar refractivity (Wildman–Crippen MR) is 36.0 cm³/mol. The Bertz CT molecular complexity index is 63.4. The van der Waals surface area contributed by atoms with Gasteiger partial charge in [-0.3, -0.25) is 5.32 Å². The monoisotopic (exact) mass is 133 g/mol. The van der Waals surface area contributed by atoms with E-state index in [9.17, 15) is 0 Å². The molecule has 3 heteroatoms. The number of aliphatic hydroxyl groups excluding tert-OH is 1. The van der Waals surface area contributed by atoms with Crippen molar-refractivity contribution in [2.75, 3.05) is 18.2 Å². The predicted octanol–water partition coefficient (Wildman–Crippen LogP) is 0.0313. The van der Waals surface area contributed by atoms with Gasteiger partial charge in [0.25, 0.3) is 0 Å². The Balaban J connectivity index is 2.06. The van der Waals surface area contributed by atoms with Crippen LogP contribution in [0.5, 0.6) is 0 Å². The lowest BCUT2D eigenvalue weighted by atomic mass is 10.3. The molecular weight excluding hydrogens is 122 g/mol. The van der Waals surface area contributed by atoms with E-state index in [1.54, 1.807) is 0 Å². The molecule has 0 saturated carbocycles. The van der Waals surface area contributed by atoms with Crippen LogP contribution in [0.15, 0.2) is 0 Å². The van der Waals surface area contributed by atoms with Gasteiger partial charge in [0.05, 0.1) is 6.73 Å². The van der Waals surface area contributed by atoms with Gasteiger partial charge >= 0.3 is 0 Å². The Hall–Kier alpha value is 0.270. The summed E-state index contributed by atoms with van der Waals surface area (Å²) in [4.78, 5) is 0. The number of nitrogens with one attached hydrogen (secondary N) is 1. The van der Waals surface area contributed by atoms with E-state index >= 15 is 0 Å². The Labute approximate surface area is 53.7 Å². The number of hydrogen-bond acceptors (Lipinski definition) is 3. The van der Waals surface area contributed by atoms with Crippen LogP contribution in [0.2, 0.25) is 0 Å². The highest BCUT2D eigenvalue weighted by molar-refractivity contribution is 7.99. The third-order valence-electron chi connectivity index (χ3n) is 1.31. The van der Waals surface area contributed by atoms with Gasteiger partial charge in [-0.2, -0.15) is 11.8 Å². The molecule has 0 radical (unpaired) electrons. The molecule has 1 rings (SSSR count). The Morgan fingerprint density at radius 2 is 2.62 bits per heavy atom. The van der Waals surface area contributed by atoms with Gasteiger partial charge in [-0.05, 0) is 12.2 Å². The van der Waals surface area contributed by atoms with Crippen LogP contribution in [0.4, 0.5) is 0 Å². The van der Waals surface area contributed by atoms with Crippen LogP contribution in [-0.2, 0) is 0 Å². The highest BCUT2D eigenvalue weighted by atomic mass is 32.2. The first-order valence-electron chi connectivity index (χ1n) is 2.85. The fourth-order valence-corrected chi connectivity index (χ4v) is 2.01. The number of hydrogen-bond donors (Lipinski definition) is 2. The molecule has 0 aliphatic carbocycles. The van der Waals surface area contributed by atoms with Crippen molar-refractivity contribution in [3.63, 3.8) is 0 Å². The summed E-state index contributed by atoms with van der Waals surface area (Å²) in [5, 5.41) is 11.4. The zero-order valence-corrected chi connectivity index (χ0v) is 5.58. The summed E-state index contributed by atoms with van der Waals surface area (Å²) in [6.07, 6.45) is 1.21. The molecule has 1 saturated heterocycles. The van der Waals surface area contributed by atoms with Gasteiger partial charge in [0.15, 0.2) is 0 Å². The van der Waals surface area contributed by atoms with Crippen LogP contribution in [0, 0.1) is 0 Å². The van der Waals surface area contributed by atoms with E-state index in [-0.39, 0.29) is 6.73 Å². The summed E-state index contributed by atoms with van der Waals surface area (Å²) >= 11 is 1.95. The van der Waals surface area contributed by atoms with Gasteiger partial charge < -0.3 is 5.11 Å². The number of thioether (sulfide) groups is 1. The van der Waals surface area contributed by atoms with Crippen LogP contribution < -0.4 is 5.32 Å². The molecular formula is C5H11NOS. The lowest BCUT2D eigenvalue weighted by molar-refractivity contribution is 0.246. The van der Waals surface area contributed by atoms with Crippen LogP contribution in [0.25, 0.3) is 0 Å². The van der Waals surface area contributed by atoms with Crippen molar-refractivity contribution in [1.82, 2.24) is 5.32 Å². The third-order valence-corrected chi connectivity index (χ3v) is 2.47. The zero-order valence-electron chi connectivity index (χ0n) is 4.76. The standard InChI is InChI=1S/C5H11NOS/c7-4-6-5-1-2-8-3-5/h5-7H,1-4H2. The second-order valence-electron chi connectivity index (χ2n) is 1.92. The van der Waals surface area contributed by atoms with Gasteiger partial charge in [-0.15, -0.1) is 0 Å². The van der Waals surface area contributed by atoms with Crippen molar-refractivity contribution in [1.29, 1.82) is 0 Å². The minimum absolute atomic E-state index is 0.130. The van der Waals surface area contributed by atoms with Crippen molar-refractivity contribution in [3.8, 4) is 0 Å². The van der Waals surface area contributed by atoms with E-state index in [1.165, 1.54) is 17.9 Å². The average molecular weight is 133 g/mol. The van der Waals surface area contributed by atoms with E-state index < -0.39 is 0 Å². The van der Waals surface area contributed by atoms with E-state index in [4.69, 9.17) is 5.11 Å². The van der Waals surface area contributed by atoms with Gasteiger partial charge in [0, 0.05) is 11.8 Å². The van der Waals surface area contributed by atoms with E-state index in [0.29, 0.717) is 6.04 Å². The molecule has 2 N–H and O–H groups in total. The SMILES string of the molecule is OCNC1CCSC1. The molecule has 0 spiro atoms. The molecule has 8 heavy (non-hydrogen) atoms. The maximum atomic E-state index is 8.41. The van der Waals surface area contributed by atoms with E-state index in [0.717, 1.165) is 0 Å². The quantitative estimate of drug-likeness (QED) is 0.521. The van der Waals surface area contributed by atoms with Crippen LogP contribution in [-0.4, -0.2) is 29.4 Å². The first-order valence-corrected chi connectivity index (χ1v) is 4.01. The largest absolute Gasteiger partial charge is 0.381 e. The second-order valence-corrected chi connectivity index (χ2v) is 3.07. The maximum Gasteiger partial charge on any atom is 0.0933 e. The minimum Gasteiger partial charge on any atom is -0.381 e. The highest BCUT2D eigenvalue weighted by Gasteiger charge is 2.12. The molecule has 0 aromatic rings.